The average molecular weight is 294 g/mol. The van der Waals surface area contributed by atoms with E-state index in [4.69, 9.17) is 4.74 Å². The molecule has 0 radical (unpaired) electrons. The van der Waals surface area contributed by atoms with Crippen LogP contribution in [-0.2, 0) is 4.74 Å². The number of nitrogens with zero attached hydrogens (tertiary/aromatic N) is 1. The summed E-state index contributed by atoms with van der Waals surface area (Å²) < 4.78 is 6.11. The van der Waals surface area contributed by atoms with Gasteiger partial charge in [0.25, 0.3) is 0 Å². The van der Waals surface area contributed by atoms with Crippen LogP contribution in [0.3, 0.4) is 0 Å². The van der Waals surface area contributed by atoms with Crippen LogP contribution in [0.1, 0.15) is 58.8 Å². The second kappa shape index (κ2) is 6.17. The molecule has 0 amide bonds. The molecular formula is C18H34N2O. The molecule has 21 heavy (non-hydrogen) atoms. The third kappa shape index (κ3) is 2.89. The van der Waals surface area contributed by atoms with Crippen molar-refractivity contribution in [2.24, 2.45) is 10.8 Å². The highest BCUT2D eigenvalue weighted by atomic mass is 16.5. The summed E-state index contributed by atoms with van der Waals surface area (Å²) in [5.74, 6) is 0. The van der Waals surface area contributed by atoms with Crippen LogP contribution in [0.2, 0.25) is 0 Å². The normalized spacial score (nSPS) is 38.9. The van der Waals surface area contributed by atoms with E-state index in [0.717, 1.165) is 12.6 Å². The number of ether oxygens (including phenoxy) is 1. The van der Waals surface area contributed by atoms with Crippen LogP contribution < -0.4 is 5.32 Å². The first-order chi connectivity index (χ1) is 10.1. The number of rotatable bonds is 5. The van der Waals surface area contributed by atoms with Gasteiger partial charge in [0.1, 0.15) is 0 Å². The molecule has 0 aromatic carbocycles. The van der Waals surface area contributed by atoms with E-state index in [9.17, 15) is 0 Å². The molecule has 3 heteroatoms. The lowest BCUT2D eigenvalue weighted by molar-refractivity contribution is -0.181. The lowest BCUT2D eigenvalue weighted by Crippen LogP contribution is -2.65. The van der Waals surface area contributed by atoms with Gasteiger partial charge in [-0.15, -0.1) is 0 Å². The van der Waals surface area contributed by atoms with Crippen molar-refractivity contribution in [3.05, 3.63) is 0 Å². The molecule has 3 unspecified atom stereocenters. The van der Waals surface area contributed by atoms with Crippen molar-refractivity contribution in [2.45, 2.75) is 70.9 Å². The van der Waals surface area contributed by atoms with E-state index in [2.05, 4.69) is 31.1 Å². The molecule has 1 spiro atoms. The fourth-order valence-corrected chi connectivity index (χ4v) is 5.36. The number of hydrogen-bond donors (Lipinski definition) is 1. The third-order valence-corrected chi connectivity index (χ3v) is 6.51. The van der Waals surface area contributed by atoms with Crippen LogP contribution in [-0.4, -0.2) is 50.3 Å². The minimum atomic E-state index is 0.474. The van der Waals surface area contributed by atoms with Crippen LogP contribution in [0, 0.1) is 10.8 Å². The maximum absolute atomic E-state index is 6.11. The van der Waals surface area contributed by atoms with Crippen molar-refractivity contribution in [1.82, 2.24) is 10.2 Å². The standard InChI is InChI=1S/C18H34N2O/c1-4-21-16-12-15(18(16)8-6-5-7-9-18)20(3)14-17(2)10-11-19-13-17/h15-16,19H,4-14H2,1-3H3. The molecule has 3 rings (SSSR count). The molecule has 1 saturated heterocycles. The summed E-state index contributed by atoms with van der Waals surface area (Å²) in [4.78, 5) is 2.69. The summed E-state index contributed by atoms with van der Waals surface area (Å²) >= 11 is 0. The highest BCUT2D eigenvalue weighted by Crippen LogP contribution is 2.55. The smallest absolute Gasteiger partial charge is 0.0661 e. The Labute approximate surface area is 130 Å². The third-order valence-electron chi connectivity index (χ3n) is 6.51. The van der Waals surface area contributed by atoms with Crippen LogP contribution in [0.4, 0.5) is 0 Å². The lowest BCUT2D eigenvalue weighted by atomic mass is 9.54. The van der Waals surface area contributed by atoms with Gasteiger partial charge in [0.2, 0.25) is 0 Å². The summed E-state index contributed by atoms with van der Waals surface area (Å²) in [5, 5.41) is 3.54. The molecule has 1 heterocycles. The first kappa shape index (κ1) is 15.8. The van der Waals surface area contributed by atoms with Crippen molar-refractivity contribution in [2.75, 3.05) is 33.3 Å². The van der Waals surface area contributed by atoms with Gasteiger partial charge in [-0.25, -0.2) is 0 Å². The van der Waals surface area contributed by atoms with E-state index in [1.54, 1.807) is 0 Å². The molecule has 0 aromatic rings. The predicted octanol–water partition coefficient (Wildman–Crippen LogP) is 3.05. The van der Waals surface area contributed by atoms with Crippen molar-refractivity contribution < 1.29 is 4.74 Å². The molecule has 1 aliphatic heterocycles. The number of nitrogens with one attached hydrogen (secondary N) is 1. The van der Waals surface area contributed by atoms with Gasteiger partial charge in [0, 0.05) is 31.2 Å². The van der Waals surface area contributed by atoms with Gasteiger partial charge in [-0.05, 0) is 51.6 Å². The maximum atomic E-state index is 6.11. The molecule has 3 fully saturated rings. The van der Waals surface area contributed by atoms with E-state index in [1.165, 1.54) is 64.6 Å². The van der Waals surface area contributed by atoms with Crippen LogP contribution in [0.15, 0.2) is 0 Å². The zero-order valence-corrected chi connectivity index (χ0v) is 14.3. The zero-order valence-electron chi connectivity index (χ0n) is 14.3. The van der Waals surface area contributed by atoms with Crippen molar-refractivity contribution in [1.29, 1.82) is 0 Å². The van der Waals surface area contributed by atoms with Crippen LogP contribution in [0.5, 0.6) is 0 Å². The Balaban J connectivity index is 1.66. The van der Waals surface area contributed by atoms with Gasteiger partial charge < -0.3 is 15.0 Å². The van der Waals surface area contributed by atoms with E-state index >= 15 is 0 Å². The molecule has 1 N–H and O–H groups in total. The first-order valence-electron chi connectivity index (χ1n) is 9.12. The van der Waals surface area contributed by atoms with Crippen LogP contribution >= 0.6 is 0 Å². The summed E-state index contributed by atoms with van der Waals surface area (Å²) in [6, 6.07) is 0.756. The summed E-state index contributed by atoms with van der Waals surface area (Å²) in [6.07, 6.45) is 10.1. The molecule has 3 aliphatic rings. The topological polar surface area (TPSA) is 24.5 Å². The highest BCUT2D eigenvalue weighted by Gasteiger charge is 2.57. The lowest BCUT2D eigenvalue weighted by Gasteiger charge is -2.61. The van der Waals surface area contributed by atoms with Crippen molar-refractivity contribution in [3.63, 3.8) is 0 Å². The molecule has 0 bridgehead atoms. The Bertz CT molecular complexity index is 345. The Morgan fingerprint density at radius 2 is 1.95 bits per heavy atom. The molecule has 3 nitrogen and oxygen atoms in total. The molecule has 122 valence electrons. The molecule has 3 atom stereocenters. The summed E-state index contributed by atoms with van der Waals surface area (Å²) in [5.41, 5.74) is 0.951. The number of hydrogen-bond acceptors (Lipinski definition) is 3. The maximum Gasteiger partial charge on any atom is 0.0661 e. The Kier molecular flexibility index (Phi) is 4.63. The SMILES string of the molecule is CCOC1CC(N(C)CC2(C)CCNC2)C12CCCCC2. The van der Waals surface area contributed by atoms with Gasteiger partial charge in [-0.1, -0.05) is 26.2 Å². The van der Waals surface area contributed by atoms with E-state index in [0.29, 0.717) is 16.9 Å². The van der Waals surface area contributed by atoms with E-state index in [-0.39, 0.29) is 0 Å². The minimum absolute atomic E-state index is 0.474. The minimum Gasteiger partial charge on any atom is -0.378 e. The Morgan fingerprint density at radius 3 is 2.57 bits per heavy atom. The second-order valence-corrected chi connectivity index (χ2v) is 8.14. The summed E-state index contributed by atoms with van der Waals surface area (Å²) in [6.45, 7) is 9.11. The monoisotopic (exact) mass is 294 g/mol. The van der Waals surface area contributed by atoms with Crippen LogP contribution in [0.25, 0.3) is 0 Å². The average Bonchev–Trinajstić information content (AvgIpc) is 2.90. The molecular weight excluding hydrogens is 260 g/mol. The van der Waals surface area contributed by atoms with Crippen molar-refractivity contribution in [3.8, 4) is 0 Å². The van der Waals surface area contributed by atoms with Gasteiger partial charge in [-0.3, -0.25) is 0 Å². The zero-order chi connectivity index (χ0) is 14.9. The van der Waals surface area contributed by atoms with Gasteiger partial charge in [0.05, 0.1) is 6.10 Å². The Morgan fingerprint density at radius 1 is 1.19 bits per heavy atom. The van der Waals surface area contributed by atoms with Gasteiger partial charge in [-0.2, -0.15) is 0 Å². The van der Waals surface area contributed by atoms with Gasteiger partial charge in [0.15, 0.2) is 0 Å². The van der Waals surface area contributed by atoms with Crippen molar-refractivity contribution >= 4 is 0 Å². The fraction of sp³-hybridized carbons (Fsp3) is 1.00. The first-order valence-corrected chi connectivity index (χ1v) is 9.12. The van der Waals surface area contributed by atoms with Gasteiger partial charge >= 0.3 is 0 Å². The second-order valence-electron chi connectivity index (χ2n) is 8.14. The predicted molar refractivity (Wildman–Crippen MR) is 87.6 cm³/mol. The molecule has 2 saturated carbocycles. The molecule has 2 aliphatic carbocycles. The summed E-state index contributed by atoms with van der Waals surface area (Å²) in [7, 11) is 2.37. The largest absolute Gasteiger partial charge is 0.378 e. The quantitative estimate of drug-likeness (QED) is 0.843. The molecule has 0 aromatic heterocycles. The van der Waals surface area contributed by atoms with E-state index in [1.807, 2.05) is 0 Å². The Hall–Kier alpha value is -0.120. The fourth-order valence-electron chi connectivity index (χ4n) is 5.36. The highest BCUT2D eigenvalue weighted by molar-refractivity contribution is 5.09. The van der Waals surface area contributed by atoms with E-state index < -0.39 is 0 Å².